The fourth-order valence-corrected chi connectivity index (χ4v) is 2.69. The molecule has 1 saturated carbocycles. The van der Waals surface area contributed by atoms with Gasteiger partial charge in [0, 0.05) is 13.1 Å². The summed E-state index contributed by atoms with van der Waals surface area (Å²) in [6.45, 7) is 4.64. The number of amides is 1. The van der Waals surface area contributed by atoms with Crippen molar-refractivity contribution in [1.29, 1.82) is 0 Å². The van der Waals surface area contributed by atoms with Crippen molar-refractivity contribution in [2.45, 2.75) is 25.7 Å². The molecule has 0 unspecified atom stereocenters. The molecular weight excluding hydrogens is 246 g/mol. The summed E-state index contributed by atoms with van der Waals surface area (Å²) in [6.07, 6.45) is 6.06. The van der Waals surface area contributed by atoms with E-state index < -0.39 is 11.4 Å². The average molecular weight is 265 g/mol. The van der Waals surface area contributed by atoms with Gasteiger partial charge in [0.1, 0.15) is 6.61 Å². The van der Waals surface area contributed by atoms with Crippen molar-refractivity contribution in [3.63, 3.8) is 0 Å². The van der Waals surface area contributed by atoms with Gasteiger partial charge >= 0.3 is 12.1 Å². The van der Waals surface area contributed by atoms with Crippen molar-refractivity contribution in [3.05, 3.63) is 24.3 Å². The molecule has 19 heavy (non-hydrogen) atoms. The Morgan fingerprint density at radius 2 is 2.26 bits per heavy atom. The zero-order valence-electron chi connectivity index (χ0n) is 10.9. The maximum atomic E-state index is 11.6. The minimum Gasteiger partial charge on any atom is -0.481 e. The minimum absolute atomic E-state index is 0.199. The van der Waals surface area contributed by atoms with Crippen LogP contribution in [0.15, 0.2) is 24.3 Å². The summed E-state index contributed by atoms with van der Waals surface area (Å²) in [6, 6.07) is 0. The van der Waals surface area contributed by atoms with E-state index in [2.05, 4.69) is 6.58 Å². The molecule has 0 radical (unpaired) electrons. The Labute approximate surface area is 112 Å². The highest BCUT2D eigenvalue weighted by Crippen LogP contribution is 2.49. The van der Waals surface area contributed by atoms with Crippen LogP contribution in [0.2, 0.25) is 0 Å². The molecule has 0 atom stereocenters. The van der Waals surface area contributed by atoms with Crippen molar-refractivity contribution >= 4 is 12.1 Å². The molecule has 0 spiro atoms. The molecule has 5 heteroatoms. The van der Waals surface area contributed by atoms with Crippen LogP contribution < -0.4 is 0 Å². The average Bonchev–Trinajstić information content (AvgIpc) is 2.35. The third-order valence-electron chi connectivity index (χ3n) is 4.02. The van der Waals surface area contributed by atoms with Crippen LogP contribution >= 0.6 is 0 Å². The van der Waals surface area contributed by atoms with E-state index >= 15 is 0 Å². The zero-order valence-corrected chi connectivity index (χ0v) is 10.9. The van der Waals surface area contributed by atoms with Crippen LogP contribution in [0.25, 0.3) is 0 Å². The van der Waals surface area contributed by atoms with Gasteiger partial charge in [0.25, 0.3) is 0 Å². The molecule has 0 aromatic carbocycles. The van der Waals surface area contributed by atoms with Gasteiger partial charge in [-0.2, -0.15) is 0 Å². The number of carboxylic acid groups (broad SMARTS) is 1. The number of carbonyl (C=O) groups is 2. The van der Waals surface area contributed by atoms with E-state index in [0.29, 0.717) is 19.5 Å². The largest absolute Gasteiger partial charge is 0.481 e. The fourth-order valence-electron chi connectivity index (χ4n) is 2.69. The molecule has 0 bridgehead atoms. The first-order valence-corrected chi connectivity index (χ1v) is 6.55. The zero-order chi connectivity index (χ0) is 13.9. The molecule has 2 rings (SSSR count). The molecule has 1 aliphatic carbocycles. The van der Waals surface area contributed by atoms with Gasteiger partial charge in [-0.05, 0) is 19.3 Å². The van der Waals surface area contributed by atoms with E-state index in [1.165, 1.54) is 6.08 Å². The summed E-state index contributed by atoms with van der Waals surface area (Å²) in [5, 5.41) is 9.37. The smallest absolute Gasteiger partial charge is 0.410 e. The van der Waals surface area contributed by atoms with Crippen LogP contribution in [-0.2, 0) is 9.53 Å². The minimum atomic E-state index is -0.729. The molecule has 104 valence electrons. The van der Waals surface area contributed by atoms with Crippen molar-refractivity contribution in [1.82, 2.24) is 4.90 Å². The first-order valence-electron chi connectivity index (χ1n) is 6.55. The Morgan fingerprint density at radius 3 is 2.68 bits per heavy atom. The van der Waals surface area contributed by atoms with Crippen LogP contribution in [0, 0.1) is 5.41 Å². The fraction of sp³-hybridized carbons (Fsp3) is 0.571. The highest BCUT2D eigenvalue weighted by atomic mass is 16.6. The summed E-state index contributed by atoms with van der Waals surface area (Å²) in [5.74, 6) is -0.729. The molecule has 2 aliphatic rings. The maximum Gasteiger partial charge on any atom is 0.410 e. The number of aliphatic carboxylic acids is 1. The highest BCUT2D eigenvalue weighted by Gasteiger charge is 2.47. The van der Waals surface area contributed by atoms with Gasteiger partial charge in [0.05, 0.1) is 5.41 Å². The molecule has 5 nitrogen and oxygen atoms in total. The van der Waals surface area contributed by atoms with E-state index in [1.807, 2.05) is 6.08 Å². The standard InChI is InChI=1S/C14H19NO4/c1-2-10-19-13(18)15-8-4-11(5-9-15)14(12(16)17)6-3-7-14/h2,4H,1,3,5-10H2,(H,16,17). The van der Waals surface area contributed by atoms with Crippen molar-refractivity contribution in [3.8, 4) is 0 Å². The van der Waals surface area contributed by atoms with Gasteiger partial charge in [-0.15, -0.1) is 0 Å². The summed E-state index contributed by atoms with van der Waals surface area (Å²) >= 11 is 0. The van der Waals surface area contributed by atoms with Crippen LogP contribution in [0.1, 0.15) is 25.7 Å². The van der Waals surface area contributed by atoms with E-state index in [9.17, 15) is 14.7 Å². The first kappa shape index (κ1) is 13.6. The predicted molar refractivity (Wildman–Crippen MR) is 69.7 cm³/mol. The van der Waals surface area contributed by atoms with Gasteiger partial charge in [-0.25, -0.2) is 4.79 Å². The van der Waals surface area contributed by atoms with Gasteiger partial charge in [0.15, 0.2) is 0 Å². The summed E-state index contributed by atoms with van der Waals surface area (Å²) in [5.41, 5.74) is 0.316. The number of ether oxygens (including phenoxy) is 1. The summed E-state index contributed by atoms with van der Waals surface area (Å²) in [4.78, 5) is 24.6. The lowest BCUT2D eigenvalue weighted by Crippen LogP contribution is -2.44. The van der Waals surface area contributed by atoms with Crippen LogP contribution in [-0.4, -0.2) is 41.8 Å². The molecule has 0 saturated heterocycles. The lowest BCUT2D eigenvalue weighted by Gasteiger charge is -2.42. The van der Waals surface area contributed by atoms with E-state index in [-0.39, 0.29) is 12.7 Å². The van der Waals surface area contributed by atoms with E-state index in [4.69, 9.17) is 4.74 Å². The Bertz CT molecular complexity index is 423. The van der Waals surface area contributed by atoms with Crippen LogP contribution in [0.4, 0.5) is 4.79 Å². The van der Waals surface area contributed by atoms with Crippen molar-refractivity contribution in [2.24, 2.45) is 5.41 Å². The molecule has 0 aromatic rings. The van der Waals surface area contributed by atoms with E-state index in [1.54, 1.807) is 4.90 Å². The quantitative estimate of drug-likeness (QED) is 0.791. The van der Waals surface area contributed by atoms with Crippen LogP contribution in [0.3, 0.4) is 0 Å². The number of rotatable bonds is 4. The Morgan fingerprint density at radius 1 is 1.53 bits per heavy atom. The number of carbonyl (C=O) groups excluding carboxylic acids is 1. The highest BCUT2D eigenvalue weighted by molar-refractivity contribution is 5.80. The van der Waals surface area contributed by atoms with Gasteiger partial charge < -0.3 is 14.7 Å². The molecule has 1 heterocycles. The SMILES string of the molecule is C=CCOC(=O)N1CC=C(C2(C(=O)O)CCC2)CC1. The summed E-state index contributed by atoms with van der Waals surface area (Å²) in [7, 11) is 0. The van der Waals surface area contributed by atoms with Gasteiger partial charge in [-0.1, -0.05) is 30.7 Å². The topological polar surface area (TPSA) is 66.8 Å². The number of hydrogen-bond acceptors (Lipinski definition) is 3. The predicted octanol–water partition coefficient (Wildman–Crippen LogP) is 2.20. The monoisotopic (exact) mass is 265 g/mol. The molecule has 1 aliphatic heterocycles. The maximum absolute atomic E-state index is 11.6. The Balaban J connectivity index is 1.98. The Hall–Kier alpha value is -1.78. The number of hydrogen-bond donors (Lipinski definition) is 1. The Kier molecular flexibility index (Phi) is 3.93. The molecule has 0 aromatic heterocycles. The molecular formula is C14H19NO4. The van der Waals surface area contributed by atoms with E-state index in [0.717, 1.165) is 24.8 Å². The first-order chi connectivity index (χ1) is 9.10. The van der Waals surface area contributed by atoms with Crippen LogP contribution in [0.5, 0.6) is 0 Å². The van der Waals surface area contributed by atoms with Crippen molar-refractivity contribution < 1.29 is 19.4 Å². The molecule has 1 fully saturated rings. The second-order valence-corrected chi connectivity index (χ2v) is 5.03. The lowest BCUT2D eigenvalue weighted by molar-refractivity contribution is -0.151. The van der Waals surface area contributed by atoms with Gasteiger partial charge in [-0.3, -0.25) is 4.79 Å². The van der Waals surface area contributed by atoms with Gasteiger partial charge in [0.2, 0.25) is 0 Å². The third-order valence-corrected chi connectivity index (χ3v) is 4.02. The summed E-state index contributed by atoms with van der Waals surface area (Å²) < 4.78 is 4.96. The lowest BCUT2D eigenvalue weighted by atomic mass is 9.62. The second-order valence-electron chi connectivity index (χ2n) is 5.03. The molecule has 1 amide bonds. The normalized spacial score (nSPS) is 21.1. The third kappa shape index (κ3) is 2.50. The second kappa shape index (κ2) is 5.47. The van der Waals surface area contributed by atoms with Crippen molar-refractivity contribution in [2.75, 3.05) is 19.7 Å². The number of nitrogens with zero attached hydrogens (tertiary/aromatic N) is 1. The molecule has 1 N–H and O–H groups in total. The number of carboxylic acids is 1.